The van der Waals surface area contributed by atoms with E-state index >= 15 is 0 Å². The van der Waals surface area contributed by atoms with Gasteiger partial charge in [0, 0.05) is 30.2 Å². The lowest BCUT2D eigenvalue weighted by atomic mass is 10.0. The summed E-state index contributed by atoms with van der Waals surface area (Å²) in [6.45, 7) is 2.07. The molecule has 0 aliphatic carbocycles. The van der Waals surface area contributed by atoms with Gasteiger partial charge in [-0.25, -0.2) is 0 Å². The number of aryl methyl sites for hydroxylation is 1. The van der Waals surface area contributed by atoms with Crippen LogP contribution in [0.3, 0.4) is 0 Å². The van der Waals surface area contributed by atoms with E-state index in [4.69, 9.17) is 0 Å². The third kappa shape index (κ3) is 2.44. The molecular formula is C16H11IOS. The van der Waals surface area contributed by atoms with Crippen LogP contribution in [-0.4, -0.2) is 5.78 Å². The van der Waals surface area contributed by atoms with Crippen LogP contribution in [0, 0.1) is 10.5 Å². The summed E-state index contributed by atoms with van der Waals surface area (Å²) >= 11 is 3.87. The molecule has 1 nitrogen and oxygen atoms in total. The Bertz CT molecular complexity index is 756. The fourth-order valence-corrected chi connectivity index (χ4v) is 3.47. The SMILES string of the molecule is Cc1ccc2c(C(=O)c3ccc(I)cc3)csc2c1. The van der Waals surface area contributed by atoms with Crippen LogP contribution in [0.1, 0.15) is 21.5 Å². The number of hydrogen-bond donors (Lipinski definition) is 0. The van der Waals surface area contributed by atoms with E-state index in [2.05, 4.69) is 41.6 Å². The average Bonchev–Trinajstić information content (AvgIpc) is 2.81. The lowest BCUT2D eigenvalue weighted by Gasteiger charge is -2.01. The molecule has 3 heteroatoms. The molecule has 2 aromatic carbocycles. The van der Waals surface area contributed by atoms with Crippen LogP contribution in [-0.2, 0) is 0 Å². The van der Waals surface area contributed by atoms with Crippen molar-refractivity contribution >= 4 is 49.8 Å². The minimum absolute atomic E-state index is 0.103. The highest BCUT2D eigenvalue weighted by molar-refractivity contribution is 14.1. The molecule has 0 bridgehead atoms. The van der Waals surface area contributed by atoms with E-state index in [1.54, 1.807) is 11.3 Å². The number of carbonyl (C=O) groups is 1. The summed E-state index contributed by atoms with van der Waals surface area (Å²) < 4.78 is 2.31. The summed E-state index contributed by atoms with van der Waals surface area (Å²) in [7, 11) is 0. The highest BCUT2D eigenvalue weighted by atomic mass is 127. The predicted molar refractivity (Wildman–Crippen MR) is 89.2 cm³/mol. The summed E-state index contributed by atoms with van der Waals surface area (Å²) in [5, 5.41) is 3.02. The van der Waals surface area contributed by atoms with Gasteiger partial charge in [0.2, 0.25) is 0 Å². The Kier molecular flexibility index (Phi) is 3.41. The molecule has 0 aliphatic heterocycles. The zero-order valence-electron chi connectivity index (χ0n) is 10.3. The molecule has 0 aliphatic rings. The van der Waals surface area contributed by atoms with E-state index in [9.17, 15) is 4.79 Å². The smallest absolute Gasteiger partial charge is 0.194 e. The Balaban J connectivity index is 2.09. The van der Waals surface area contributed by atoms with Crippen molar-refractivity contribution in [2.45, 2.75) is 6.92 Å². The number of carbonyl (C=O) groups excluding carboxylic acids is 1. The van der Waals surface area contributed by atoms with Crippen LogP contribution >= 0.6 is 33.9 Å². The van der Waals surface area contributed by atoms with Crippen molar-refractivity contribution in [2.24, 2.45) is 0 Å². The Morgan fingerprint density at radius 2 is 1.84 bits per heavy atom. The molecule has 0 radical (unpaired) electrons. The number of hydrogen-bond acceptors (Lipinski definition) is 2. The van der Waals surface area contributed by atoms with Crippen molar-refractivity contribution < 1.29 is 4.79 Å². The molecule has 19 heavy (non-hydrogen) atoms. The van der Waals surface area contributed by atoms with Crippen molar-refractivity contribution in [2.75, 3.05) is 0 Å². The quantitative estimate of drug-likeness (QED) is 0.451. The van der Waals surface area contributed by atoms with Crippen molar-refractivity contribution in [1.82, 2.24) is 0 Å². The second-order valence-corrected chi connectivity index (χ2v) is 6.64. The van der Waals surface area contributed by atoms with Gasteiger partial charge in [-0.2, -0.15) is 0 Å². The molecule has 3 aromatic rings. The Hall–Kier alpha value is -1.20. The number of ketones is 1. The van der Waals surface area contributed by atoms with E-state index < -0.39 is 0 Å². The molecule has 0 fully saturated rings. The second kappa shape index (κ2) is 5.06. The molecule has 0 spiro atoms. The Morgan fingerprint density at radius 1 is 1.11 bits per heavy atom. The molecule has 0 amide bonds. The molecule has 1 aromatic heterocycles. The summed E-state index contributed by atoms with van der Waals surface area (Å²) in [5.41, 5.74) is 2.78. The molecule has 0 saturated carbocycles. The van der Waals surface area contributed by atoms with Crippen LogP contribution in [0.25, 0.3) is 10.1 Å². The van der Waals surface area contributed by atoms with Crippen molar-refractivity contribution in [3.05, 3.63) is 68.1 Å². The van der Waals surface area contributed by atoms with Gasteiger partial charge in [-0.3, -0.25) is 4.79 Å². The van der Waals surface area contributed by atoms with Crippen LogP contribution in [0.15, 0.2) is 47.8 Å². The zero-order valence-corrected chi connectivity index (χ0v) is 13.3. The maximum absolute atomic E-state index is 12.5. The number of thiophene rings is 1. The van der Waals surface area contributed by atoms with Crippen molar-refractivity contribution in [3.63, 3.8) is 0 Å². The first-order valence-corrected chi connectivity index (χ1v) is 7.89. The van der Waals surface area contributed by atoms with E-state index in [1.165, 1.54) is 10.3 Å². The molecule has 94 valence electrons. The Labute approximate surface area is 129 Å². The summed E-state index contributed by atoms with van der Waals surface area (Å²) in [4.78, 5) is 12.5. The molecular weight excluding hydrogens is 367 g/mol. The zero-order chi connectivity index (χ0) is 13.4. The highest BCUT2D eigenvalue weighted by Gasteiger charge is 2.14. The summed E-state index contributed by atoms with van der Waals surface area (Å²) in [5.74, 6) is 0.103. The minimum Gasteiger partial charge on any atom is -0.289 e. The maximum atomic E-state index is 12.5. The number of fused-ring (bicyclic) bond motifs is 1. The third-order valence-electron chi connectivity index (χ3n) is 3.08. The van der Waals surface area contributed by atoms with Crippen molar-refractivity contribution in [3.8, 4) is 0 Å². The van der Waals surface area contributed by atoms with Gasteiger partial charge in [0.25, 0.3) is 0 Å². The fraction of sp³-hybridized carbons (Fsp3) is 0.0625. The van der Waals surface area contributed by atoms with Gasteiger partial charge in [-0.05, 0) is 65.4 Å². The van der Waals surface area contributed by atoms with Gasteiger partial charge in [-0.15, -0.1) is 11.3 Å². The van der Waals surface area contributed by atoms with Gasteiger partial charge in [-0.1, -0.05) is 12.1 Å². The van der Waals surface area contributed by atoms with E-state index in [0.29, 0.717) is 0 Å². The summed E-state index contributed by atoms with van der Waals surface area (Å²) in [6, 6.07) is 13.9. The number of benzene rings is 2. The van der Waals surface area contributed by atoms with Crippen LogP contribution in [0.4, 0.5) is 0 Å². The predicted octanol–water partition coefficient (Wildman–Crippen LogP) is 5.05. The normalized spacial score (nSPS) is 10.8. The maximum Gasteiger partial charge on any atom is 0.194 e. The minimum atomic E-state index is 0.103. The van der Waals surface area contributed by atoms with Crippen LogP contribution in [0.5, 0.6) is 0 Å². The third-order valence-corrected chi connectivity index (χ3v) is 4.75. The van der Waals surface area contributed by atoms with Gasteiger partial charge >= 0.3 is 0 Å². The van der Waals surface area contributed by atoms with Crippen molar-refractivity contribution in [1.29, 1.82) is 0 Å². The molecule has 0 N–H and O–H groups in total. The second-order valence-electron chi connectivity index (χ2n) is 4.49. The highest BCUT2D eigenvalue weighted by Crippen LogP contribution is 2.28. The van der Waals surface area contributed by atoms with Gasteiger partial charge in [0.15, 0.2) is 5.78 Å². The van der Waals surface area contributed by atoms with Gasteiger partial charge in [0.1, 0.15) is 0 Å². The van der Waals surface area contributed by atoms with Gasteiger partial charge in [0.05, 0.1) is 0 Å². The largest absolute Gasteiger partial charge is 0.289 e. The van der Waals surface area contributed by atoms with E-state index in [0.717, 1.165) is 20.1 Å². The molecule has 3 rings (SSSR count). The van der Waals surface area contributed by atoms with Crippen LogP contribution in [0.2, 0.25) is 0 Å². The van der Waals surface area contributed by atoms with E-state index in [1.807, 2.05) is 35.7 Å². The Morgan fingerprint density at radius 3 is 2.58 bits per heavy atom. The first-order chi connectivity index (χ1) is 9.15. The molecule has 1 heterocycles. The standard InChI is InChI=1S/C16H11IOS/c1-10-2-7-13-14(9-19-15(13)8-10)16(18)11-3-5-12(17)6-4-11/h2-9H,1H3. The molecule has 0 unspecified atom stereocenters. The lowest BCUT2D eigenvalue weighted by molar-refractivity contribution is 0.104. The van der Waals surface area contributed by atoms with Gasteiger partial charge < -0.3 is 0 Å². The van der Waals surface area contributed by atoms with E-state index in [-0.39, 0.29) is 5.78 Å². The first kappa shape index (κ1) is 12.8. The fourth-order valence-electron chi connectivity index (χ4n) is 2.07. The first-order valence-electron chi connectivity index (χ1n) is 5.93. The molecule has 0 atom stereocenters. The monoisotopic (exact) mass is 378 g/mol. The number of rotatable bonds is 2. The number of halogens is 1. The lowest BCUT2D eigenvalue weighted by Crippen LogP contribution is -1.99. The summed E-state index contributed by atoms with van der Waals surface area (Å²) in [6.07, 6.45) is 0. The average molecular weight is 378 g/mol. The van der Waals surface area contributed by atoms with Crippen LogP contribution < -0.4 is 0 Å². The topological polar surface area (TPSA) is 17.1 Å². The molecule has 0 saturated heterocycles.